The van der Waals surface area contributed by atoms with Gasteiger partial charge >= 0.3 is 0 Å². The van der Waals surface area contributed by atoms with Crippen LogP contribution in [0.2, 0.25) is 5.02 Å². The van der Waals surface area contributed by atoms with Crippen LogP contribution in [0.5, 0.6) is 0 Å². The number of hydrogen-bond donors (Lipinski definition) is 1. The average molecular weight is 498 g/mol. The van der Waals surface area contributed by atoms with Crippen LogP contribution in [0.1, 0.15) is 15.9 Å². The van der Waals surface area contributed by atoms with Crippen molar-refractivity contribution in [2.75, 3.05) is 42.1 Å². The van der Waals surface area contributed by atoms with Crippen molar-refractivity contribution in [3.8, 4) is 0 Å². The van der Waals surface area contributed by atoms with E-state index >= 15 is 0 Å². The minimum Gasteiger partial charge on any atom is -0.368 e. The molecule has 0 saturated carbocycles. The van der Waals surface area contributed by atoms with Crippen molar-refractivity contribution in [3.05, 3.63) is 94.8 Å². The summed E-state index contributed by atoms with van der Waals surface area (Å²) in [7, 11) is 0. The number of hydrogen-bond acceptors (Lipinski definition) is 4. The molecule has 1 N–H and O–H groups in total. The molecular formula is C26H25ClFN3O2S. The lowest BCUT2D eigenvalue weighted by Gasteiger charge is -2.36. The number of amides is 2. The van der Waals surface area contributed by atoms with Crippen LogP contribution in [-0.2, 0) is 10.5 Å². The summed E-state index contributed by atoms with van der Waals surface area (Å²) in [6.07, 6.45) is 0. The molecule has 0 aromatic heterocycles. The molecule has 0 spiro atoms. The van der Waals surface area contributed by atoms with Crippen LogP contribution in [0, 0.1) is 5.82 Å². The summed E-state index contributed by atoms with van der Waals surface area (Å²) in [6, 6.07) is 21.0. The van der Waals surface area contributed by atoms with E-state index in [1.165, 1.54) is 36.0 Å². The molecule has 4 rings (SSSR count). The molecule has 5 nitrogen and oxygen atoms in total. The Kier molecular flexibility index (Phi) is 8.08. The molecule has 0 bridgehead atoms. The number of halogens is 2. The van der Waals surface area contributed by atoms with Gasteiger partial charge in [0.05, 0.1) is 5.75 Å². The van der Waals surface area contributed by atoms with Gasteiger partial charge in [-0.25, -0.2) is 4.39 Å². The number of piperazine rings is 1. The Bertz CT molecular complexity index is 1130. The number of nitrogens with one attached hydrogen (secondary N) is 1. The number of carbonyl (C=O) groups excluding carboxylic acids is 2. The van der Waals surface area contributed by atoms with Gasteiger partial charge in [0.15, 0.2) is 0 Å². The van der Waals surface area contributed by atoms with E-state index in [9.17, 15) is 14.0 Å². The Morgan fingerprint density at radius 2 is 1.65 bits per heavy atom. The van der Waals surface area contributed by atoms with Gasteiger partial charge in [0, 0.05) is 53.9 Å². The maximum atomic E-state index is 12.9. The minimum absolute atomic E-state index is 0.0311. The zero-order chi connectivity index (χ0) is 23.9. The summed E-state index contributed by atoms with van der Waals surface area (Å²) in [5.41, 5.74) is 3.36. The number of carbonyl (C=O) groups is 2. The van der Waals surface area contributed by atoms with Crippen molar-refractivity contribution in [2.45, 2.75) is 5.75 Å². The molecule has 8 heteroatoms. The Hall–Kier alpha value is -3.03. The highest BCUT2D eigenvalue weighted by Gasteiger charge is 2.22. The minimum atomic E-state index is -0.339. The number of anilines is 2. The van der Waals surface area contributed by atoms with Crippen molar-refractivity contribution in [2.24, 2.45) is 0 Å². The molecule has 0 atom stereocenters. The maximum absolute atomic E-state index is 12.9. The summed E-state index contributed by atoms with van der Waals surface area (Å²) < 4.78 is 12.9. The second kappa shape index (κ2) is 11.4. The van der Waals surface area contributed by atoms with Crippen LogP contribution >= 0.6 is 23.4 Å². The van der Waals surface area contributed by atoms with E-state index in [-0.39, 0.29) is 23.4 Å². The molecule has 1 saturated heterocycles. The molecule has 1 heterocycles. The van der Waals surface area contributed by atoms with Gasteiger partial charge in [-0.05, 0) is 60.2 Å². The summed E-state index contributed by atoms with van der Waals surface area (Å²) in [4.78, 5) is 29.1. The lowest BCUT2D eigenvalue weighted by molar-refractivity contribution is -0.113. The fourth-order valence-corrected chi connectivity index (χ4v) is 4.73. The molecule has 176 valence electrons. The number of rotatable bonds is 7. The second-order valence-electron chi connectivity index (χ2n) is 8.00. The van der Waals surface area contributed by atoms with Crippen molar-refractivity contribution >= 4 is 46.6 Å². The van der Waals surface area contributed by atoms with Crippen LogP contribution in [0.25, 0.3) is 0 Å². The SMILES string of the molecule is O=C(CSCc1ccc(C(=O)N2CCN(c3cccc(Cl)c3)CC2)cc1)Nc1ccc(F)cc1. The Labute approximate surface area is 207 Å². The first-order chi connectivity index (χ1) is 16.5. The van der Waals surface area contributed by atoms with E-state index in [1.807, 2.05) is 53.4 Å². The van der Waals surface area contributed by atoms with Crippen molar-refractivity contribution < 1.29 is 14.0 Å². The second-order valence-corrected chi connectivity index (χ2v) is 9.43. The van der Waals surface area contributed by atoms with Gasteiger partial charge in [-0.15, -0.1) is 11.8 Å². The fraction of sp³-hybridized carbons (Fsp3) is 0.231. The molecule has 3 aromatic rings. The average Bonchev–Trinajstić information content (AvgIpc) is 2.85. The number of benzene rings is 3. The van der Waals surface area contributed by atoms with Gasteiger partial charge in [0.2, 0.25) is 5.91 Å². The first-order valence-corrected chi connectivity index (χ1v) is 12.5. The van der Waals surface area contributed by atoms with Crippen molar-refractivity contribution in [1.29, 1.82) is 0 Å². The molecule has 0 unspecified atom stereocenters. The van der Waals surface area contributed by atoms with Gasteiger partial charge in [0.1, 0.15) is 5.82 Å². The first-order valence-electron chi connectivity index (χ1n) is 11.0. The molecule has 0 aliphatic carbocycles. The summed E-state index contributed by atoms with van der Waals surface area (Å²) in [5, 5.41) is 3.46. The van der Waals surface area contributed by atoms with E-state index in [0.717, 1.165) is 24.3 Å². The molecule has 3 aromatic carbocycles. The van der Waals surface area contributed by atoms with Gasteiger partial charge in [-0.1, -0.05) is 29.8 Å². The van der Waals surface area contributed by atoms with Gasteiger partial charge in [0.25, 0.3) is 5.91 Å². The third-order valence-electron chi connectivity index (χ3n) is 5.57. The van der Waals surface area contributed by atoms with E-state index in [4.69, 9.17) is 11.6 Å². The highest BCUT2D eigenvalue weighted by molar-refractivity contribution is 7.99. The predicted octanol–water partition coefficient (Wildman–Crippen LogP) is 5.31. The topological polar surface area (TPSA) is 52.7 Å². The van der Waals surface area contributed by atoms with Gasteiger partial charge in [-0.3, -0.25) is 9.59 Å². The third-order valence-corrected chi connectivity index (χ3v) is 6.81. The smallest absolute Gasteiger partial charge is 0.253 e. The largest absolute Gasteiger partial charge is 0.368 e. The molecule has 34 heavy (non-hydrogen) atoms. The van der Waals surface area contributed by atoms with E-state index in [0.29, 0.717) is 35.1 Å². The normalized spacial score (nSPS) is 13.6. The molecule has 0 radical (unpaired) electrons. The molecule has 1 fully saturated rings. The highest BCUT2D eigenvalue weighted by atomic mass is 35.5. The van der Waals surface area contributed by atoms with E-state index in [2.05, 4.69) is 10.2 Å². The first kappa shape index (κ1) is 24.1. The van der Waals surface area contributed by atoms with Crippen molar-refractivity contribution in [1.82, 2.24) is 4.90 Å². The highest BCUT2D eigenvalue weighted by Crippen LogP contribution is 2.22. The zero-order valence-corrected chi connectivity index (χ0v) is 20.1. The van der Waals surface area contributed by atoms with Crippen LogP contribution in [-0.4, -0.2) is 48.6 Å². The van der Waals surface area contributed by atoms with Crippen LogP contribution in [0.15, 0.2) is 72.8 Å². The zero-order valence-electron chi connectivity index (χ0n) is 18.5. The lowest BCUT2D eigenvalue weighted by atomic mass is 10.1. The third kappa shape index (κ3) is 6.52. The Morgan fingerprint density at radius 1 is 0.941 bits per heavy atom. The van der Waals surface area contributed by atoms with E-state index in [1.54, 1.807) is 0 Å². The quantitative estimate of drug-likeness (QED) is 0.480. The summed E-state index contributed by atoms with van der Waals surface area (Å²) in [5.74, 6) is 0.497. The molecule has 1 aliphatic heterocycles. The van der Waals surface area contributed by atoms with Crippen molar-refractivity contribution in [3.63, 3.8) is 0 Å². The van der Waals surface area contributed by atoms with Crippen LogP contribution in [0.4, 0.5) is 15.8 Å². The summed E-state index contributed by atoms with van der Waals surface area (Å²) in [6.45, 7) is 2.85. The van der Waals surface area contributed by atoms with E-state index < -0.39 is 0 Å². The molecule has 1 aliphatic rings. The molecular weight excluding hydrogens is 473 g/mol. The maximum Gasteiger partial charge on any atom is 0.253 e. The van der Waals surface area contributed by atoms with Gasteiger partial charge < -0.3 is 15.1 Å². The van der Waals surface area contributed by atoms with Crippen LogP contribution < -0.4 is 10.2 Å². The Morgan fingerprint density at radius 3 is 2.32 bits per heavy atom. The van der Waals surface area contributed by atoms with Gasteiger partial charge in [-0.2, -0.15) is 0 Å². The fourth-order valence-electron chi connectivity index (χ4n) is 3.76. The standard InChI is InChI=1S/C26H25ClFN3O2S/c27-21-2-1-3-24(16-21)30-12-14-31(15-13-30)26(33)20-6-4-19(5-7-20)17-34-18-25(32)29-23-10-8-22(28)9-11-23/h1-11,16H,12-15,17-18H2,(H,29,32). The Balaban J connectivity index is 1.22. The monoisotopic (exact) mass is 497 g/mol. The summed E-state index contributed by atoms with van der Waals surface area (Å²) >= 11 is 7.58. The number of nitrogens with zero attached hydrogens (tertiary/aromatic N) is 2. The number of thioether (sulfide) groups is 1. The molecule has 2 amide bonds. The van der Waals surface area contributed by atoms with Crippen LogP contribution in [0.3, 0.4) is 0 Å². The lowest BCUT2D eigenvalue weighted by Crippen LogP contribution is -2.48. The predicted molar refractivity (Wildman–Crippen MR) is 137 cm³/mol.